The minimum atomic E-state index is -1.24. The number of hydrogen-bond donors (Lipinski definition) is 1. The van der Waals surface area contributed by atoms with E-state index in [1.165, 1.54) is 24.4 Å². The molecule has 0 fully saturated rings. The highest BCUT2D eigenvalue weighted by molar-refractivity contribution is 6.76. The lowest BCUT2D eigenvalue weighted by Crippen LogP contribution is -2.22. The van der Waals surface area contributed by atoms with Crippen LogP contribution >= 0.6 is 0 Å². The Labute approximate surface area is 184 Å². The van der Waals surface area contributed by atoms with Crippen LogP contribution in [0.4, 0.5) is 8.78 Å². The summed E-state index contributed by atoms with van der Waals surface area (Å²) < 4.78 is 36.6. The Morgan fingerprint density at radius 3 is 2.50 bits per heavy atom. The number of halogens is 2. The predicted molar refractivity (Wildman–Crippen MR) is 121 cm³/mol. The second-order valence-electron chi connectivity index (χ2n) is 8.85. The number of benzene rings is 2. The second-order valence-corrected chi connectivity index (χ2v) is 14.5. The first-order valence-corrected chi connectivity index (χ1v) is 13.9. The average Bonchev–Trinajstić information content (AvgIpc) is 3.13. The topological polar surface area (TPSA) is 77.2 Å². The van der Waals surface area contributed by atoms with E-state index in [4.69, 9.17) is 4.74 Å². The third-order valence-corrected chi connectivity index (χ3v) is 6.94. The number of hydrogen-bond acceptors (Lipinski definition) is 4. The third kappa shape index (κ3) is 4.26. The summed E-state index contributed by atoms with van der Waals surface area (Å²) in [6.45, 7) is 7.59. The molecule has 0 unspecified atom stereocenters. The predicted octanol–water partition coefficient (Wildman–Crippen LogP) is 5.54. The fraction of sp³-hybridized carbons (Fsp3) is 0.261. The molecule has 9 heteroatoms. The van der Waals surface area contributed by atoms with Crippen molar-refractivity contribution in [2.24, 2.45) is 0 Å². The molecule has 166 valence electrons. The first-order chi connectivity index (χ1) is 15.2. The van der Waals surface area contributed by atoms with Crippen LogP contribution in [0.25, 0.3) is 33.1 Å². The molecule has 2 aromatic carbocycles. The van der Waals surface area contributed by atoms with Crippen molar-refractivity contribution in [1.82, 2.24) is 14.8 Å². The zero-order chi connectivity index (χ0) is 23.0. The van der Waals surface area contributed by atoms with Crippen LogP contribution in [0.5, 0.6) is 0 Å². The van der Waals surface area contributed by atoms with Gasteiger partial charge in [0.15, 0.2) is 0 Å². The number of fused-ring (bicyclic) bond motifs is 3. The first kappa shape index (κ1) is 22.0. The Hall–Kier alpha value is -3.17. The van der Waals surface area contributed by atoms with Crippen molar-refractivity contribution in [3.05, 3.63) is 59.8 Å². The molecule has 32 heavy (non-hydrogen) atoms. The number of carboxylic acids is 1. The van der Waals surface area contributed by atoms with E-state index in [-0.39, 0.29) is 23.6 Å². The van der Waals surface area contributed by atoms with Crippen molar-refractivity contribution < 1.29 is 23.4 Å². The summed E-state index contributed by atoms with van der Waals surface area (Å²) in [5, 5.41) is 14.7. The first-order valence-electron chi connectivity index (χ1n) is 10.2. The molecule has 1 N–H and O–H groups in total. The lowest BCUT2D eigenvalue weighted by molar-refractivity contribution is 0.0697. The molecule has 0 aliphatic heterocycles. The summed E-state index contributed by atoms with van der Waals surface area (Å²) in [6, 6.07) is 9.02. The van der Waals surface area contributed by atoms with Gasteiger partial charge in [0, 0.05) is 25.5 Å². The maximum atomic E-state index is 14.6. The number of ether oxygens (including phenoxy) is 1. The van der Waals surface area contributed by atoms with E-state index in [2.05, 4.69) is 29.7 Å². The monoisotopic (exact) mass is 455 g/mol. The zero-order valence-corrected chi connectivity index (χ0v) is 19.0. The molecule has 0 amide bonds. The minimum absolute atomic E-state index is 0.00546. The van der Waals surface area contributed by atoms with Crippen LogP contribution in [0.1, 0.15) is 10.4 Å². The molecule has 4 rings (SSSR count). The number of carboxylic acid groups (broad SMARTS) is 1. The van der Waals surface area contributed by atoms with Gasteiger partial charge >= 0.3 is 5.97 Å². The molecular formula is C23H23F2N3O3Si. The van der Waals surface area contributed by atoms with Gasteiger partial charge in [0.2, 0.25) is 0 Å². The molecule has 4 aromatic rings. The fourth-order valence-electron chi connectivity index (χ4n) is 3.54. The van der Waals surface area contributed by atoms with E-state index >= 15 is 0 Å². The van der Waals surface area contributed by atoms with Gasteiger partial charge < -0.3 is 9.84 Å². The minimum Gasteiger partial charge on any atom is -0.478 e. The van der Waals surface area contributed by atoms with Crippen LogP contribution < -0.4 is 0 Å². The van der Waals surface area contributed by atoms with E-state index in [9.17, 15) is 18.7 Å². The largest absolute Gasteiger partial charge is 0.478 e. The van der Waals surface area contributed by atoms with Gasteiger partial charge in [0.1, 0.15) is 23.9 Å². The summed E-state index contributed by atoms with van der Waals surface area (Å²) in [7, 11) is -1.24. The molecule has 0 saturated carbocycles. The Kier molecular flexibility index (Phi) is 5.78. The molecule has 0 atom stereocenters. The Morgan fingerprint density at radius 1 is 1.12 bits per heavy atom. The lowest BCUT2D eigenvalue weighted by atomic mass is 9.99. The van der Waals surface area contributed by atoms with Crippen LogP contribution in [0.2, 0.25) is 25.7 Å². The van der Waals surface area contributed by atoms with Crippen LogP contribution in [-0.2, 0) is 11.5 Å². The van der Waals surface area contributed by atoms with Gasteiger partial charge in [-0.25, -0.2) is 23.2 Å². The van der Waals surface area contributed by atoms with E-state index in [1.54, 1.807) is 10.7 Å². The van der Waals surface area contributed by atoms with Gasteiger partial charge in [-0.1, -0.05) is 31.8 Å². The molecule has 0 aliphatic carbocycles. The second kappa shape index (κ2) is 8.40. The molecule has 0 radical (unpaired) electrons. The molecule has 0 spiro atoms. The van der Waals surface area contributed by atoms with Crippen molar-refractivity contribution in [2.75, 3.05) is 6.61 Å². The lowest BCUT2D eigenvalue weighted by Gasteiger charge is -2.16. The normalized spacial score (nSPS) is 12.0. The highest BCUT2D eigenvalue weighted by atomic mass is 28.3. The summed E-state index contributed by atoms with van der Waals surface area (Å²) in [5.74, 6) is -2.70. The van der Waals surface area contributed by atoms with Gasteiger partial charge in [-0.15, -0.1) is 0 Å². The van der Waals surface area contributed by atoms with Crippen LogP contribution in [0, 0.1) is 11.6 Å². The van der Waals surface area contributed by atoms with Gasteiger partial charge in [-0.2, -0.15) is 5.10 Å². The van der Waals surface area contributed by atoms with E-state index in [1.807, 2.05) is 0 Å². The number of aromatic carboxylic acids is 1. The number of nitrogens with zero attached hydrogens (tertiary/aromatic N) is 3. The van der Waals surface area contributed by atoms with Crippen molar-refractivity contribution in [1.29, 1.82) is 0 Å². The van der Waals surface area contributed by atoms with Crippen molar-refractivity contribution >= 4 is 35.8 Å². The molecule has 0 saturated heterocycles. The number of aromatic nitrogens is 3. The highest BCUT2D eigenvalue weighted by Crippen LogP contribution is 2.35. The van der Waals surface area contributed by atoms with Crippen molar-refractivity contribution in [3.63, 3.8) is 0 Å². The SMILES string of the molecule is C[Si](C)(C)CCOCn1ncc2nc(-c3c(F)cccc3F)c3cc(C(=O)O)ccc3c21. The zero-order valence-electron chi connectivity index (χ0n) is 18.0. The number of carbonyl (C=O) groups is 1. The Morgan fingerprint density at radius 2 is 1.84 bits per heavy atom. The van der Waals surface area contributed by atoms with Crippen LogP contribution in [-0.4, -0.2) is 40.5 Å². The molecule has 0 bridgehead atoms. The van der Waals surface area contributed by atoms with Gasteiger partial charge in [0.25, 0.3) is 0 Å². The van der Waals surface area contributed by atoms with E-state index < -0.39 is 25.7 Å². The van der Waals surface area contributed by atoms with E-state index in [0.29, 0.717) is 28.4 Å². The molecule has 6 nitrogen and oxygen atoms in total. The highest BCUT2D eigenvalue weighted by Gasteiger charge is 2.21. The standard InChI is InChI=1S/C23H23F2N3O3Si/c1-32(2,3)10-9-31-13-28-22-15-8-7-14(23(29)30)11-16(15)21(27-19(22)12-26-28)20-17(24)5-4-6-18(20)25/h4-8,11-12H,9-10,13H2,1-3H3,(H,29,30). The number of pyridine rings is 1. The third-order valence-electron chi connectivity index (χ3n) is 5.24. The summed E-state index contributed by atoms with van der Waals surface area (Å²) in [5.41, 5.74) is 0.776. The van der Waals surface area contributed by atoms with Gasteiger partial charge in [-0.3, -0.25) is 0 Å². The van der Waals surface area contributed by atoms with Crippen LogP contribution in [0.3, 0.4) is 0 Å². The van der Waals surface area contributed by atoms with Gasteiger partial charge in [0.05, 0.1) is 28.5 Å². The summed E-state index contributed by atoms with van der Waals surface area (Å²) >= 11 is 0. The van der Waals surface area contributed by atoms with Crippen LogP contribution in [0.15, 0.2) is 42.6 Å². The molecular weight excluding hydrogens is 432 g/mol. The summed E-state index contributed by atoms with van der Waals surface area (Å²) in [4.78, 5) is 16.0. The van der Waals surface area contributed by atoms with Gasteiger partial charge in [-0.05, 0) is 30.3 Å². The fourth-order valence-corrected chi connectivity index (χ4v) is 4.29. The van der Waals surface area contributed by atoms with Crippen molar-refractivity contribution in [3.8, 4) is 11.3 Å². The quantitative estimate of drug-likeness (QED) is 0.292. The number of rotatable bonds is 7. The molecule has 2 aromatic heterocycles. The average molecular weight is 456 g/mol. The smallest absolute Gasteiger partial charge is 0.335 e. The van der Waals surface area contributed by atoms with Crippen molar-refractivity contribution in [2.45, 2.75) is 32.4 Å². The molecule has 2 heterocycles. The van der Waals surface area contributed by atoms with E-state index in [0.717, 1.165) is 18.2 Å². The Balaban J connectivity index is 1.88. The maximum absolute atomic E-state index is 14.6. The maximum Gasteiger partial charge on any atom is 0.335 e. The molecule has 0 aliphatic rings. The Bertz CT molecular complexity index is 1310. The summed E-state index contributed by atoms with van der Waals surface area (Å²) in [6.07, 6.45) is 1.52.